The second-order valence-corrected chi connectivity index (χ2v) is 9.50. The number of carbonyl (C=O) groups excluding carboxylic acids is 1. The number of amides is 2. The summed E-state index contributed by atoms with van der Waals surface area (Å²) in [6, 6.07) is 11.0. The molecule has 8 heteroatoms. The fourth-order valence-corrected chi connectivity index (χ4v) is 5.52. The molecule has 0 aromatic heterocycles. The number of rotatable bonds is 5. The number of ether oxygens (including phenoxy) is 1. The van der Waals surface area contributed by atoms with Crippen LogP contribution >= 0.6 is 0 Å². The number of hydrogen-bond donors (Lipinski definition) is 1. The molecule has 1 unspecified atom stereocenters. The number of carbonyl (C=O) groups is 1. The largest absolute Gasteiger partial charge is 0.497 e. The number of amidine groups is 1. The summed E-state index contributed by atoms with van der Waals surface area (Å²) in [4.78, 5) is 22.0. The average molecular weight is 469 g/mol. The highest BCUT2D eigenvalue weighted by molar-refractivity contribution is 6.19. The standard InChI is InChI=1S/C26H30F2N4O2/c1-34-23-9-7-18(8-10-23)16-31-12-11-26(17-31)24(29-21-5-3-2-4-6-21)30-25(33)32(26)22-14-19(27)13-20(28)15-22/h7-10,13-15,21H,2-6,11-12,16-17H2,1H3,(H,29,30,33). The highest BCUT2D eigenvalue weighted by Gasteiger charge is 2.55. The Morgan fingerprint density at radius 3 is 2.47 bits per heavy atom. The highest BCUT2D eigenvalue weighted by atomic mass is 19.1. The Morgan fingerprint density at radius 2 is 1.79 bits per heavy atom. The van der Waals surface area contributed by atoms with Gasteiger partial charge in [-0.1, -0.05) is 31.4 Å². The Labute approximate surface area is 198 Å². The summed E-state index contributed by atoms with van der Waals surface area (Å²) >= 11 is 0. The molecule has 2 aromatic rings. The number of nitrogens with zero attached hydrogens (tertiary/aromatic N) is 3. The molecule has 1 atom stereocenters. The number of nitrogens with one attached hydrogen (secondary N) is 1. The summed E-state index contributed by atoms with van der Waals surface area (Å²) in [6.07, 6.45) is 6.10. The number of urea groups is 1. The Bertz CT molecular complexity index is 1060. The minimum Gasteiger partial charge on any atom is -0.497 e. The SMILES string of the molecule is COc1ccc(CN2CCC3(C2)C(=NC2CCCCC2)NC(=O)N3c2cc(F)cc(F)c2)cc1. The lowest BCUT2D eigenvalue weighted by molar-refractivity contribution is 0.250. The summed E-state index contributed by atoms with van der Waals surface area (Å²) in [6.45, 7) is 1.96. The molecule has 2 saturated heterocycles. The van der Waals surface area contributed by atoms with Crippen LogP contribution in [0, 0.1) is 11.6 Å². The van der Waals surface area contributed by atoms with Gasteiger partial charge in [0.2, 0.25) is 0 Å². The van der Waals surface area contributed by atoms with Crippen LogP contribution in [-0.4, -0.2) is 48.5 Å². The third-order valence-electron chi connectivity index (χ3n) is 7.18. The normalized spacial score (nSPS) is 24.9. The number of benzene rings is 2. The second kappa shape index (κ2) is 9.33. The molecular weight excluding hydrogens is 438 g/mol. The molecular formula is C26H30F2N4O2. The molecule has 3 aliphatic rings. The van der Waals surface area contributed by atoms with Crippen molar-refractivity contribution in [2.45, 2.75) is 56.7 Å². The summed E-state index contributed by atoms with van der Waals surface area (Å²) in [7, 11) is 1.64. The first-order valence-electron chi connectivity index (χ1n) is 12.0. The van der Waals surface area contributed by atoms with E-state index in [1.54, 1.807) is 7.11 Å². The van der Waals surface area contributed by atoms with E-state index in [-0.39, 0.29) is 17.8 Å². The van der Waals surface area contributed by atoms with Crippen molar-refractivity contribution in [3.05, 3.63) is 59.7 Å². The summed E-state index contributed by atoms with van der Waals surface area (Å²) in [5, 5.41) is 2.97. The first-order valence-corrected chi connectivity index (χ1v) is 12.0. The number of halogens is 2. The van der Waals surface area contributed by atoms with E-state index in [4.69, 9.17) is 9.73 Å². The molecule has 1 spiro atoms. The van der Waals surface area contributed by atoms with Crippen LogP contribution in [-0.2, 0) is 6.54 Å². The van der Waals surface area contributed by atoms with Gasteiger partial charge in [-0.25, -0.2) is 13.6 Å². The molecule has 1 saturated carbocycles. The van der Waals surface area contributed by atoms with Gasteiger partial charge < -0.3 is 4.74 Å². The van der Waals surface area contributed by atoms with Gasteiger partial charge in [-0.15, -0.1) is 0 Å². The van der Waals surface area contributed by atoms with E-state index >= 15 is 0 Å². The maximum Gasteiger partial charge on any atom is 0.328 e. The summed E-state index contributed by atoms with van der Waals surface area (Å²) in [5.41, 5.74) is 0.570. The van der Waals surface area contributed by atoms with Crippen LogP contribution in [0.5, 0.6) is 5.75 Å². The monoisotopic (exact) mass is 468 g/mol. The lowest BCUT2D eigenvalue weighted by Gasteiger charge is -2.34. The van der Waals surface area contributed by atoms with Gasteiger partial charge in [-0.3, -0.25) is 20.1 Å². The minimum atomic E-state index is -0.777. The third kappa shape index (κ3) is 4.39. The number of hydrogen-bond acceptors (Lipinski definition) is 4. The van der Waals surface area contributed by atoms with Gasteiger partial charge in [0.05, 0.1) is 18.8 Å². The van der Waals surface area contributed by atoms with Crippen LogP contribution in [0.1, 0.15) is 44.1 Å². The maximum absolute atomic E-state index is 14.1. The van der Waals surface area contributed by atoms with Crippen molar-refractivity contribution in [3.8, 4) is 5.75 Å². The zero-order valence-electron chi connectivity index (χ0n) is 19.4. The number of methoxy groups -OCH3 is 1. The number of anilines is 1. The van der Waals surface area contributed by atoms with E-state index in [1.165, 1.54) is 23.5 Å². The molecule has 2 aliphatic heterocycles. The second-order valence-electron chi connectivity index (χ2n) is 9.50. The lowest BCUT2D eigenvalue weighted by Crippen LogP contribution is -2.52. The first kappa shape index (κ1) is 22.8. The minimum absolute atomic E-state index is 0.167. The first-order chi connectivity index (χ1) is 16.5. The van der Waals surface area contributed by atoms with E-state index in [1.807, 2.05) is 24.3 Å². The van der Waals surface area contributed by atoms with Gasteiger partial charge in [0.25, 0.3) is 0 Å². The Kier molecular flexibility index (Phi) is 6.25. The Morgan fingerprint density at radius 1 is 1.09 bits per heavy atom. The van der Waals surface area contributed by atoms with Crippen LogP contribution in [0.2, 0.25) is 0 Å². The molecule has 2 aromatic carbocycles. The van der Waals surface area contributed by atoms with Crippen molar-refractivity contribution in [2.24, 2.45) is 4.99 Å². The topological polar surface area (TPSA) is 57.2 Å². The van der Waals surface area contributed by atoms with Crippen LogP contribution in [0.25, 0.3) is 0 Å². The van der Waals surface area contributed by atoms with Crippen LogP contribution in [0.4, 0.5) is 19.3 Å². The zero-order valence-corrected chi connectivity index (χ0v) is 19.4. The van der Waals surface area contributed by atoms with Crippen molar-refractivity contribution in [2.75, 3.05) is 25.1 Å². The van der Waals surface area contributed by atoms with Crippen molar-refractivity contribution < 1.29 is 18.3 Å². The highest BCUT2D eigenvalue weighted by Crippen LogP contribution is 2.39. The molecule has 34 heavy (non-hydrogen) atoms. The Balaban J connectivity index is 1.47. The van der Waals surface area contributed by atoms with Gasteiger partial charge in [-0.2, -0.15) is 0 Å². The lowest BCUT2D eigenvalue weighted by atomic mass is 9.93. The van der Waals surface area contributed by atoms with E-state index in [0.717, 1.165) is 49.6 Å². The quantitative estimate of drug-likeness (QED) is 0.681. The van der Waals surface area contributed by atoms with Gasteiger partial charge in [-0.05, 0) is 49.1 Å². The van der Waals surface area contributed by atoms with E-state index in [0.29, 0.717) is 25.3 Å². The van der Waals surface area contributed by atoms with Crippen LogP contribution in [0.3, 0.4) is 0 Å². The van der Waals surface area contributed by atoms with Crippen LogP contribution < -0.4 is 15.0 Å². The third-order valence-corrected chi connectivity index (χ3v) is 7.18. The predicted octanol–water partition coefficient (Wildman–Crippen LogP) is 4.88. The van der Waals surface area contributed by atoms with Crippen molar-refractivity contribution in [3.63, 3.8) is 0 Å². The fraction of sp³-hybridized carbons (Fsp3) is 0.462. The molecule has 6 nitrogen and oxygen atoms in total. The summed E-state index contributed by atoms with van der Waals surface area (Å²) in [5.74, 6) is 0.0205. The molecule has 2 amide bonds. The molecule has 1 N–H and O–H groups in total. The maximum atomic E-state index is 14.1. The van der Waals surface area contributed by atoms with Gasteiger partial charge in [0, 0.05) is 25.7 Å². The molecule has 0 radical (unpaired) electrons. The molecule has 2 heterocycles. The molecule has 3 fully saturated rings. The van der Waals surface area contributed by atoms with Gasteiger partial charge in [0.15, 0.2) is 0 Å². The molecule has 5 rings (SSSR count). The predicted molar refractivity (Wildman–Crippen MR) is 127 cm³/mol. The number of likely N-dealkylation sites (tertiary alicyclic amines) is 1. The van der Waals surface area contributed by atoms with E-state index < -0.39 is 17.2 Å². The smallest absolute Gasteiger partial charge is 0.328 e. The van der Waals surface area contributed by atoms with E-state index in [9.17, 15) is 13.6 Å². The van der Waals surface area contributed by atoms with Crippen molar-refractivity contribution in [1.82, 2.24) is 10.2 Å². The molecule has 0 bridgehead atoms. The molecule has 1 aliphatic carbocycles. The van der Waals surface area contributed by atoms with Gasteiger partial charge in [0.1, 0.15) is 28.8 Å². The van der Waals surface area contributed by atoms with Crippen molar-refractivity contribution >= 4 is 17.6 Å². The van der Waals surface area contributed by atoms with Crippen molar-refractivity contribution in [1.29, 1.82) is 0 Å². The molecule has 180 valence electrons. The summed E-state index contributed by atoms with van der Waals surface area (Å²) < 4.78 is 33.5. The van der Waals surface area contributed by atoms with Crippen LogP contribution in [0.15, 0.2) is 47.5 Å². The number of aliphatic imine (C=N–C) groups is 1. The Hall–Kier alpha value is -3.00. The van der Waals surface area contributed by atoms with E-state index in [2.05, 4.69) is 10.2 Å². The fourth-order valence-electron chi connectivity index (χ4n) is 5.52. The van der Waals surface area contributed by atoms with Gasteiger partial charge >= 0.3 is 6.03 Å². The average Bonchev–Trinajstić information content (AvgIpc) is 3.34. The zero-order chi connectivity index (χ0) is 23.7.